The summed E-state index contributed by atoms with van der Waals surface area (Å²) in [6, 6.07) is 53.0. The van der Waals surface area contributed by atoms with Crippen molar-refractivity contribution in [1.29, 1.82) is 0 Å². The molecule has 190 valence electrons. The molecule has 0 aliphatic heterocycles. The lowest BCUT2D eigenvalue weighted by Gasteiger charge is -2.35. The maximum absolute atomic E-state index is 2.44. The van der Waals surface area contributed by atoms with Gasteiger partial charge in [-0.2, -0.15) is 0 Å². The Kier molecular flexibility index (Phi) is 5.20. The van der Waals surface area contributed by atoms with Crippen molar-refractivity contribution in [1.82, 2.24) is 0 Å². The minimum absolute atomic E-state index is 0.343. The number of anilines is 3. The Morgan fingerprint density at radius 2 is 1.02 bits per heavy atom. The number of benzene rings is 6. The van der Waals surface area contributed by atoms with Gasteiger partial charge in [-0.05, 0) is 65.6 Å². The highest BCUT2D eigenvalue weighted by Crippen LogP contribution is 2.58. The molecule has 0 saturated heterocycles. The molecule has 0 radical (unpaired) electrons. The lowest BCUT2D eigenvalue weighted by molar-refractivity contribution is 0.722. The minimum atomic E-state index is -0.343. The number of rotatable bonds is 4. The van der Waals surface area contributed by atoms with E-state index >= 15 is 0 Å². The third-order valence-corrected chi connectivity index (χ3v) is 9.72. The van der Waals surface area contributed by atoms with Gasteiger partial charge in [-0.1, -0.05) is 109 Å². The molecule has 1 aromatic heterocycles. The Morgan fingerprint density at radius 1 is 0.500 bits per heavy atom. The smallest absolute Gasteiger partial charge is 0.0520 e. The molecule has 0 fully saturated rings. The van der Waals surface area contributed by atoms with E-state index in [-0.39, 0.29) is 5.41 Å². The van der Waals surface area contributed by atoms with Gasteiger partial charge in [-0.3, -0.25) is 0 Å². The number of fused-ring (bicyclic) bond motifs is 6. The fourth-order valence-corrected chi connectivity index (χ4v) is 8.10. The summed E-state index contributed by atoms with van der Waals surface area (Å²) < 4.78 is 2.68. The number of hydrogen-bond acceptors (Lipinski definition) is 2. The Labute approximate surface area is 238 Å². The zero-order chi connectivity index (χ0) is 26.7. The standard InChI is InChI=1S/C38H27NS/c1-38(32-21-11-8-18-28(32)29-19-9-12-22-33(29)38)36-34(25-24-31-30-20-10-13-23-35(30)40-37(31)36)39(26-14-4-2-5-15-26)27-16-6-3-7-17-27/h2-25H,1H3. The van der Waals surface area contributed by atoms with Gasteiger partial charge in [0.15, 0.2) is 0 Å². The van der Waals surface area contributed by atoms with E-state index in [1.54, 1.807) is 0 Å². The van der Waals surface area contributed by atoms with Crippen molar-refractivity contribution in [2.75, 3.05) is 4.90 Å². The van der Waals surface area contributed by atoms with Crippen LogP contribution in [0, 0.1) is 0 Å². The normalized spacial score (nSPS) is 13.3. The average molecular weight is 530 g/mol. The molecule has 0 N–H and O–H groups in total. The van der Waals surface area contributed by atoms with Crippen molar-refractivity contribution in [3.8, 4) is 11.1 Å². The number of hydrogen-bond donors (Lipinski definition) is 0. The zero-order valence-electron chi connectivity index (χ0n) is 22.2. The molecule has 0 amide bonds. The molecule has 1 aliphatic rings. The highest BCUT2D eigenvalue weighted by molar-refractivity contribution is 7.26. The van der Waals surface area contributed by atoms with Gasteiger partial charge in [0, 0.05) is 42.5 Å². The van der Waals surface area contributed by atoms with Crippen LogP contribution in [0.1, 0.15) is 23.6 Å². The average Bonchev–Trinajstić information content (AvgIpc) is 3.52. The lowest BCUT2D eigenvalue weighted by Crippen LogP contribution is -2.26. The summed E-state index contributed by atoms with van der Waals surface area (Å²) in [5.74, 6) is 0. The second kappa shape index (κ2) is 8.94. The largest absolute Gasteiger partial charge is 0.310 e. The monoisotopic (exact) mass is 529 g/mol. The Balaban J connectivity index is 1.55. The number of nitrogens with zero attached hydrogens (tertiary/aromatic N) is 1. The molecule has 0 unspecified atom stereocenters. The molecule has 1 aliphatic carbocycles. The fourth-order valence-electron chi connectivity index (χ4n) is 6.75. The SMILES string of the molecule is CC1(c2c(N(c3ccccc3)c3ccccc3)ccc3c2sc2ccccc23)c2ccccc2-c2ccccc21. The van der Waals surface area contributed by atoms with Gasteiger partial charge in [-0.15, -0.1) is 11.3 Å². The summed E-state index contributed by atoms with van der Waals surface area (Å²) in [5, 5.41) is 2.65. The van der Waals surface area contributed by atoms with Crippen molar-refractivity contribution >= 4 is 48.6 Å². The van der Waals surface area contributed by atoms with Gasteiger partial charge >= 0.3 is 0 Å². The molecule has 0 atom stereocenters. The van der Waals surface area contributed by atoms with E-state index in [1.165, 1.54) is 53.7 Å². The quantitative estimate of drug-likeness (QED) is 0.219. The molecule has 6 aromatic carbocycles. The second-order valence-corrected chi connectivity index (χ2v) is 11.7. The predicted octanol–water partition coefficient (Wildman–Crippen LogP) is 10.9. The van der Waals surface area contributed by atoms with E-state index in [0.29, 0.717) is 0 Å². The van der Waals surface area contributed by atoms with Gasteiger partial charge < -0.3 is 4.90 Å². The summed E-state index contributed by atoms with van der Waals surface area (Å²) in [6.07, 6.45) is 0. The minimum Gasteiger partial charge on any atom is -0.310 e. The van der Waals surface area contributed by atoms with Crippen molar-refractivity contribution in [2.24, 2.45) is 0 Å². The molecule has 7 aromatic rings. The fraction of sp³-hybridized carbons (Fsp3) is 0.0526. The molecule has 40 heavy (non-hydrogen) atoms. The maximum atomic E-state index is 2.44. The van der Waals surface area contributed by atoms with Crippen LogP contribution >= 0.6 is 11.3 Å². The molecule has 0 saturated carbocycles. The van der Waals surface area contributed by atoms with Crippen LogP contribution in [0.4, 0.5) is 17.1 Å². The van der Waals surface area contributed by atoms with Gasteiger partial charge in [0.2, 0.25) is 0 Å². The van der Waals surface area contributed by atoms with Crippen LogP contribution in [0.25, 0.3) is 31.3 Å². The topological polar surface area (TPSA) is 3.24 Å². The van der Waals surface area contributed by atoms with E-state index in [0.717, 1.165) is 11.4 Å². The highest BCUT2D eigenvalue weighted by Gasteiger charge is 2.44. The van der Waals surface area contributed by atoms with E-state index in [4.69, 9.17) is 0 Å². The van der Waals surface area contributed by atoms with Crippen molar-refractivity contribution < 1.29 is 0 Å². The first-order valence-corrected chi connectivity index (χ1v) is 14.6. The van der Waals surface area contributed by atoms with E-state index < -0.39 is 0 Å². The van der Waals surface area contributed by atoms with Crippen LogP contribution in [0.2, 0.25) is 0 Å². The molecule has 0 bridgehead atoms. The predicted molar refractivity (Wildman–Crippen MR) is 171 cm³/mol. The summed E-state index contributed by atoms with van der Waals surface area (Å²) in [4.78, 5) is 2.44. The molecular weight excluding hydrogens is 502 g/mol. The molecule has 8 rings (SSSR count). The van der Waals surface area contributed by atoms with Gasteiger partial charge in [-0.25, -0.2) is 0 Å². The number of thiophene rings is 1. The first-order chi connectivity index (χ1) is 19.7. The molecule has 1 heterocycles. The van der Waals surface area contributed by atoms with E-state index in [2.05, 4.69) is 157 Å². The summed E-state index contributed by atoms with van der Waals surface area (Å²) in [5.41, 5.74) is 9.92. The first-order valence-electron chi connectivity index (χ1n) is 13.8. The van der Waals surface area contributed by atoms with Gasteiger partial charge in [0.05, 0.1) is 5.69 Å². The van der Waals surface area contributed by atoms with Crippen LogP contribution in [-0.2, 0) is 5.41 Å². The van der Waals surface area contributed by atoms with Crippen molar-refractivity contribution in [3.05, 3.63) is 162 Å². The van der Waals surface area contributed by atoms with Crippen molar-refractivity contribution in [2.45, 2.75) is 12.3 Å². The molecule has 0 spiro atoms. The Hall–Kier alpha value is -4.66. The van der Waals surface area contributed by atoms with Crippen LogP contribution in [-0.4, -0.2) is 0 Å². The van der Waals surface area contributed by atoms with Crippen molar-refractivity contribution in [3.63, 3.8) is 0 Å². The molecule has 1 nitrogen and oxygen atoms in total. The van der Waals surface area contributed by atoms with Gasteiger partial charge in [0.25, 0.3) is 0 Å². The number of para-hydroxylation sites is 2. The zero-order valence-corrected chi connectivity index (χ0v) is 23.0. The lowest BCUT2D eigenvalue weighted by atomic mass is 9.73. The molecule has 2 heteroatoms. The van der Waals surface area contributed by atoms with E-state index in [1.807, 2.05) is 11.3 Å². The summed E-state index contributed by atoms with van der Waals surface area (Å²) >= 11 is 1.92. The van der Waals surface area contributed by atoms with E-state index in [9.17, 15) is 0 Å². The van der Waals surface area contributed by atoms with Gasteiger partial charge in [0.1, 0.15) is 0 Å². The van der Waals surface area contributed by atoms with Crippen LogP contribution in [0.15, 0.2) is 146 Å². The Bertz CT molecular complexity index is 1940. The highest BCUT2D eigenvalue weighted by atomic mass is 32.1. The first kappa shape index (κ1) is 23.2. The van der Waals surface area contributed by atoms with Crippen LogP contribution < -0.4 is 4.90 Å². The second-order valence-electron chi connectivity index (χ2n) is 10.7. The maximum Gasteiger partial charge on any atom is 0.0520 e. The summed E-state index contributed by atoms with van der Waals surface area (Å²) in [7, 11) is 0. The third-order valence-electron chi connectivity index (χ3n) is 8.52. The van der Waals surface area contributed by atoms with Crippen LogP contribution in [0.3, 0.4) is 0 Å². The Morgan fingerprint density at radius 3 is 1.65 bits per heavy atom. The third kappa shape index (κ3) is 3.27. The van der Waals surface area contributed by atoms with Crippen LogP contribution in [0.5, 0.6) is 0 Å². The molecular formula is C38H27NS. The summed E-state index contributed by atoms with van der Waals surface area (Å²) in [6.45, 7) is 2.44.